The van der Waals surface area contributed by atoms with Gasteiger partial charge in [-0.15, -0.1) is 0 Å². The standard InChI is InChI=1S/C38H36N4O.ClH/c1-5-42(6-2)34-23-29-26-17-18-33-36(40-32-14-10-9-13-31(32)39-33)27(26)15-16-28(29)37(43)35(34)38(21-19-24(3)20-22-38)41-30-12-8-7-11-25(30)4;/h7-21,23,35,41H,5-6,22H2,1-4H3;1H. The van der Waals surface area contributed by atoms with Crippen LogP contribution in [0.2, 0.25) is 0 Å². The number of fused-ring (bicyclic) bond motifs is 6. The fraction of sp³-hybridized carbons (Fsp3) is 0.237. The van der Waals surface area contributed by atoms with E-state index in [9.17, 15) is 4.79 Å². The zero-order chi connectivity index (χ0) is 29.7. The van der Waals surface area contributed by atoms with Crippen molar-refractivity contribution in [1.82, 2.24) is 9.88 Å². The molecule has 0 spiro atoms. The first-order valence-corrected chi connectivity index (χ1v) is 15.3. The highest BCUT2D eigenvalue weighted by Gasteiger charge is 2.47. The maximum Gasteiger partial charge on any atom is 0.237 e. The Morgan fingerprint density at radius 2 is 1.68 bits per heavy atom. The van der Waals surface area contributed by atoms with Crippen LogP contribution in [0.25, 0.3) is 38.9 Å². The number of H-pyrrole nitrogens is 1. The number of ketones is 1. The lowest BCUT2D eigenvalue weighted by molar-refractivity contribution is -0.309. The van der Waals surface area contributed by atoms with Crippen LogP contribution in [-0.2, 0) is 0 Å². The summed E-state index contributed by atoms with van der Waals surface area (Å²) in [7, 11) is 0. The number of halogens is 1. The highest BCUT2D eigenvalue weighted by atomic mass is 35.5. The highest BCUT2D eigenvalue weighted by Crippen LogP contribution is 2.45. The lowest BCUT2D eigenvalue weighted by atomic mass is 9.68. The number of anilines is 1. The second-order valence-corrected chi connectivity index (χ2v) is 11.8. The lowest BCUT2D eigenvalue weighted by Gasteiger charge is -2.46. The Bertz CT molecular complexity index is 2020. The third kappa shape index (κ3) is 4.76. The molecular weight excluding hydrogens is 564 g/mol. The van der Waals surface area contributed by atoms with Gasteiger partial charge in [-0.25, -0.2) is 9.97 Å². The highest BCUT2D eigenvalue weighted by molar-refractivity contribution is 6.15. The molecule has 0 aliphatic heterocycles. The first-order valence-electron chi connectivity index (χ1n) is 15.3. The summed E-state index contributed by atoms with van der Waals surface area (Å²) in [5.41, 5.74) is 9.47. The van der Waals surface area contributed by atoms with E-state index in [1.165, 1.54) is 5.57 Å². The fourth-order valence-electron chi connectivity index (χ4n) is 6.92. The van der Waals surface area contributed by atoms with Crippen molar-refractivity contribution in [2.45, 2.75) is 39.7 Å². The number of allylic oxidation sites excluding steroid dienone is 2. The van der Waals surface area contributed by atoms with Gasteiger partial charge < -0.3 is 22.6 Å². The van der Waals surface area contributed by atoms with Gasteiger partial charge in [-0.1, -0.05) is 60.2 Å². The Morgan fingerprint density at radius 1 is 0.932 bits per heavy atom. The smallest absolute Gasteiger partial charge is 0.237 e. The number of carbonyl (C=O) groups is 1. The molecule has 0 fully saturated rings. The van der Waals surface area contributed by atoms with Gasteiger partial charge in [0.1, 0.15) is 11.0 Å². The molecule has 2 aliphatic carbocycles. The maximum atomic E-state index is 14.9. The van der Waals surface area contributed by atoms with Gasteiger partial charge in [0, 0.05) is 36.1 Å². The number of nitrogens with one attached hydrogen (secondary N) is 2. The number of nitrogens with zero attached hydrogens (tertiary/aromatic N) is 2. The zero-order valence-corrected chi connectivity index (χ0v) is 26.4. The van der Waals surface area contributed by atoms with E-state index in [-0.39, 0.29) is 18.2 Å². The van der Waals surface area contributed by atoms with E-state index in [4.69, 9.17) is 4.98 Å². The zero-order valence-electron chi connectivity index (χ0n) is 25.6. The van der Waals surface area contributed by atoms with Gasteiger partial charge in [-0.05, 0) is 87.0 Å². The van der Waals surface area contributed by atoms with Gasteiger partial charge in [-0.3, -0.25) is 4.79 Å². The molecule has 0 bridgehead atoms. The van der Waals surface area contributed by atoms with Crippen molar-refractivity contribution >= 4 is 50.4 Å². The van der Waals surface area contributed by atoms with Crippen molar-refractivity contribution in [3.63, 3.8) is 0 Å². The Morgan fingerprint density at radius 3 is 2.43 bits per heavy atom. The molecule has 5 aromatic rings. The molecule has 1 heterocycles. The monoisotopic (exact) mass is 600 g/mol. The molecule has 0 amide bonds. The minimum Gasteiger partial charge on any atom is -1.00 e. The number of aromatic amines is 1. The third-order valence-electron chi connectivity index (χ3n) is 9.30. The Labute approximate surface area is 264 Å². The third-order valence-corrected chi connectivity index (χ3v) is 9.30. The van der Waals surface area contributed by atoms with Crippen molar-refractivity contribution in [1.29, 1.82) is 0 Å². The van der Waals surface area contributed by atoms with Crippen LogP contribution >= 0.6 is 0 Å². The Balaban J connectivity index is 0.00000343. The van der Waals surface area contributed by atoms with Crippen molar-refractivity contribution in [2.24, 2.45) is 5.92 Å². The first-order chi connectivity index (χ1) is 20.9. The number of benzene rings is 4. The van der Waals surface area contributed by atoms with Crippen LogP contribution in [0, 0.1) is 12.8 Å². The number of hydrogen-bond donors (Lipinski definition) is 1. The minimum atomic E-state index is -0.607. The second kappa shape index (κ2) is 11.5. The predicted octanol–water partition coefficient (Wildman–Crippen LogP) is 4.92. The SMILES string of the molecule is CCN(CC)C1=Cc2c(ccc3c2ccc2nc4ccccc4[nH+]c23)C(=O)C1C1(Nc2ccccc2C)C=CC(C)=CC1.[Cl-]. The van der Waals surface area contributed by atoms with Gasteiger partial charge in [0.25, 0.3) is 0 Å². The van der Waals surface area contributed by atoms with Gasteiger partial charge >= 0.3 is 0 Å². The largest absolute Gasteiger partial charge is 1.00 e. The number of hydrogen-bond acceptors (Lipinski definition) is 4. The Kier molecular flexibility index (Phi) is 7.77. The summed E-state index contributed by atoms with van der Waals surface area (Å²) in [6.07, 6.45) is 9.67. The molecule has 2 atom stereocenters. The van der Waals surface area contributed by atoms with Crippen LogP contribution in [0.5, 0.6) is 0 Å². The first kappa shape index (κ1) is 29.6. The molecule has 2 unspecified atom stereocenters. The minimum absolute atomic E-state index is 0. The van der Waals surface area contributed by atoms with Crippen LogP contribution in [0.1, 0.15) is 48.7 Å². The van der Waals surface area contributed by atoms with E-state index >= 15 is 0 Å². The molecule has 0 saturated heterocycles. The summed E-state index contributed by atoms with van der Waals surface area (Å²) in [4.78, 5) is 25.8. The molecule has 1 aromatic heterocycles. The summed E-state index contributed by atoms with van der Waals surface area (Å²) in [5, 5.41) is 6.02. The number of Topliss-reactive ketones (excluding diaryl/α,β-unsaturated/α-hetero) is 1. The molecular formula is C38H37ClN4O. The van der Waals surface area contributed by atoms with Crippen molar-refractivity contribution in [3.8, 4) is 0 Å². The topological polar surface area (TPSA) is 59.4 Å². The molecule has 5 nitrogen and oxygen atoms in total. The molecule has 2 N–H and O–H groups in total. The van der Waals surface area contributed by atoms with Gasteiger partial charge in [0.15, 0.2) is 5.78 Å². The van der Waals surface area contributed by atoms with Crippen LogP contribution in [0.15, 0.2) is 102 Å². The van der Waals surface area contributed by atoms with Crippen molar-refractivity contribution in [2.75, 3.05) is 18.4 Å². The summed E-state index contributed by atoms with van der Waals surface area (Å²) in [5.74, 6) is -0.240. The summed E-state index contributed by atoms with van der Waals surface area (Å²) >= 11 is 0. The molecule has 2 aliphatic rings. The fourth-order valence-corrected chi connectivity index (χ4v) is 6.92. The van der Waals surface area contributed by atoms with E-state index in [1.807, 2.05) is 24.3 Å². The molecule has 0 saturated carbocycles. The van der Waals surface area contributed by atoms with Crippen molar-refractivity contribution < 1.29 is 22.2 Å². The molecule has 0 radical (unpaired) electrons. The average Bonchev–Trinajstić information content (AvgIpc) is 3.03. The van der Waals surface area contributed by atoms with Gasteiger partial charge in [0.05, 0.1) is 16.8 Å². The van der Waals surface area contributed by atoms with E-state index in [0.29, 0.717) is 0 Å². The van der Waals surface area contributed by atoms with Crippen LogP contribution in [0.4, 0.5) is 5.69 Å². The van der Waals surface area contributed by atoms with Gasteiger partial charge in [-0.2, -0.15) is 0 Å². The van der Waals surface area contributed by atoms with Gasteiger partial charge in [0.2, 0.25) is 11.0 Å². The second-order valence-electron chi connectivity index (χ2n) is 11.8. The molecule has 222 valence electrons. The molecule has 7 rings (SSSR count). The molecule has 4 aromatic carbocycles. The average molecular weight is 601 g/mol. The van der Waals surface area contributed by atoms with E-state index in [1.54, 1.807) is 0 Å². The number of rotatable bonds is 6. The number of para-hydroxylation sites is 3. The summed E-state index contributed by atoms with van der Waals surface area (Å²) < 4.78 is 0. The number of carbonyl (C=O) groups excluding carboxylic acids is 1. The predicted molar refractivity (Wildman–Crippen MR) is 177 cm³/mol. The normalized spacial score (nSPS) is 19.4. The number of aromatic nitrogens is 2. The van der Waals surface area contributed by atoms with E-state index in [0.717, 1.165) is 80.4 Å². The molecule has 6 heteroatoms. The quantitative estimate of drug-likeness (QED) is 0.222. The van der Waals surface area contributed by atoms with Crippen LogP contribution in [0.3, 0.4) is 0 Å². The molecule has 44 heavy (non-hydrogen) atoms. The maximum absolute atomic E-state index is 14.9. The summed E-state index contributed by atoms with van der Waals surface area (Å²) in [6.45, 7) is 10.2. The lowest BCUT2D eigenvalue weighted by Crippen LogP contribution is -3.00. The van der Waals surface area contributed by atoms with Crippen molar-refractivity contribution in [3.05, 3.63) is 119 Å². The van der Waals surface area contributed by atoms with E-state index in [2.05, 4.69) is 116 Å². The van der Waals surface area contributed by atoms with E-state index < -0.39 is 11.5 Å². The number of aryl methyl sites for hydroxylation is 1. The summed E-state index contributed by atoms with van der Waals surface area (Å²) in [6, 6.07) is 24.8. The van der Waals surface area contributed by atoms with Crippen LogP contribution < -0.4 is 22.7 Å². The van der Waals surface area contributed by atoms with Crippen LogP contribution in [-0.4, -0.2) is 34.3 Å². The Hall–Kier alpha value is -4.48.